The van der Waals surface area contributed by atoms with Crippen LogP contribution in [0.25, 0.3) is 11.0 Å². The lowest BCUT2D eigenvalue weighted by Gasteiger charge is -2.22. The van der Waals surface area contributed by atoms with Crippen LogP contribution in [-0.4, -0.2) is 46.6 Å². The number of benzene rings is 1. The lowest BCUT2D eigenvalue weighted by Crippen LogP contribution is -2.47. The number of esters is 1. The van der Waals surface area contributed by atoms with Crippen LogP contribution in [0.15, 0.2) is 16.9 Å². The Kier molecular flexibility index (Phi) is 5.91. The van der Waals surface area contributed by atoms with Crippen LogP contribution >= 0.6 is 0 Å². The Morgan fingerprint density at radius 1 is 1.18 bits per heavy atom. The maximum Gasteiger partial charge on any atom is 0.408 e. The molecule has 28 heavy (non-hydrogen) atoms. The number of hydrogen-bond acceptors (Lipinski definition) is 7. The van der Waals surface area contributed by atoms with E-state index in [0.29, 0.717) is 11.0 Å². The van der Waals surface area contributed by atoms with Crippen molar-refractivity contribution >= 4 is 28.8 Å². The van der Waals surface area contributed by atoms with E-state index in [1.165, 1.54) is 16.2 Å². The van der Waals surface area contributed by atoms with Crippen molar-refractivity contribution in [1.82, 2.24) is 14.5 Å². The van der Waals surface area contributed by atoms with Crippen molar-refractivity contribution in [3.8, 4) is 5.75 Å². The van der Waals surface area contributed by atoms with Gasteiger partial charge in [0.05, 0.1) is 23.8 Å². The van der Waals surface area contributed by atoms with Gasteiger partial charge in [0.25, 0.3) is 0 Å². The van der Waals surface area contributed by atoms with Crippen LogP contribution in [0, 0.1) is 0 Å². The van der Waals surface area contributed by atoms with Crippen LogP contribution in [-0.2, 0) is 28.4 Å². The minimum Gasteiger partial charge on any atom is -0.489 e. The second-order valence-corrected chi connectivity index (χ2v) is 7.31. The molecule has 1 heterocycles. The zero-order chi connectivity index (χ0) is 21.2. The molecule has 2 rings (SSSR count). The fraction of sp³-hybridized carbons (Fsp3) is 0.500. The van der Waals surface area contributed by atoms with E-state index >= 15 is 0 Å². The Morgan fingerprint density at radius 2 is 1.75 bits per heavy atom. The number of nitrogens with one attached hydrogen (secondary N) is 1. The van der Waals surface area contributed by atoms with Gasteiger partial charge in [-0.05, 0) is 26.8 Å². The summed E-state index contributed by atoms with van der Waals surface area (Å²) in [6.07, 6.45) is -0.777. The van der Waals surface area contributed by atoms with Crippen molar-refractivity contribution in [3.05, 3.63) is 22.6 Å². The molecule has 1 amide bonds. The lowest BCUT2D eigenvalue weighted by molar-refractivity contribution is -0.143. The number of hydrogen-bond donors (Lipinski definition) is 2. The lowest BCUT2D eigenvalue weighted by atomic mass is 10.2. The summed E-state index contributed by atoms with van der Waals surface area (Å²) >= 11 is 0. The summed E-state index contributed by atoms with van der Waals surface area (Å²) in [6.45, 7) is 4.88. The third kappa shape index (κ3) is 4.56. The monoisotopic (exact) mass is 394 g/mol. The molecular formula is C18H26N4O6. The molecule has 0 bridgehead atoms. The predicted octanol–water partition coefficient (Wildman–Crippen LogP) is 0.904. The molecule has 2 aromatic rings. The maximum absolute atomic E-state index is 12.1. The number of nitrogen functional groups attached to an aromatic ring is 1. The summed E-state index contributed by atoms with van der Waals surface area (Å²) in [4.78, 5) is 36.0. The summed E-state index contributed by atoms with van der Waals surface area (Å²) in [6, 6.07) is 2.11. The number of alkyl carbamates (subject to hydrolysis) is 1. The minimum atomic E-state index is -1.10. The van der Waals surface area contributed by atoms with E-state index in [9.17, 15) is 14.4 Å². The van der Waals surface area contributed by atoms with Gasteiger partial charge in [-0.1, -0.05) is 0 Å². The molecule has 1 atom stereocenters. The highest BCUT2D eigenvalue weighted by atomic mass is 16.6. The van der Waals surface area contributed by atoms with Gasteiger partial charge in [0.2, 0.25) is 0 Å². The van der Waals surface area contributed by atoms with E-state index < -0.39 is 23.7 Å². The van der Waals surface area contributed by atoms with E-state index in [1.54, 1.807) is 47.0 Å². The summed E-state index contributed by atoms with van der Waals surface area (Å²) < 4.78 is 18.4. The van der Waals surface area contributed by atoms with Crippen molar-refractivity contribution in [3.63, 3.8) is 0 Å². The van der Waals surface area contributed by atoms with Gasteiger partial charge < -0.3 is 25.3 Å². The molecule has 0 aliphatic heterocycles. The average Bonchev–Trinajstić information content (AvgIpc) is 2.80. The summed E-state index contributed by atoms with van der Waals surface area (Å²) in [5.74, 6) is -0.425. The standard InChI is InChI=1S/C18H26N4O6/c1-18(2,3)28-16(24)20-11(15(23)26-6)9-27-14-8-13-12(7-10(14)19)21(4)17(25)22(13)5/h7-8,11H,9,19H2,1-6H3,(H,20,24)/t11-/m0/s1. The first-order chi connectivity index (χ1) is 12.9. The van der Waals surface area contributed by atoms with Crippen LogP contribution < -0.4 is 21.5 Å². The van der Waals surface area contributed by atoms with Gasteiger partial charge >= 0.3 is 17.8 Å². The van der Waals surface area contributed by atoms with Crippen molar-refractivity contribution < 1.29 is 23.8 Å². The Morgan fingerprint density at radius 3 is 2.29 bits per heavy atom. The Hall–Kier alpha value is -3.17. The highest BCUT2D eigenvalue weighted by molar-refractivity contribution is 5.84. The van der Waals surface area contributed by atoms with Crippen molar-refractivity contribution in [2.24, 2.45) is 14.1 Å². The van der Waals surface area contributed by atoms with Crippen LogP contribution in [0.2, 0.25) is 0 Å². The van der Waals surface area contributed by atoms with E-state index in [1.807, 2.05) is 0 Å². The van der Waals surface area contributed by atoms with E-state index in [-0.39, 0.29) is 23.7 Å². The summed E-state index contributed by atoms with van der Waals surface area (Å²) in [5, 5.41) is 2.41. The van der Waals surface area contributed by atoms with Crippen molar-refractivity contribution in [2.45, 2.75) is 32.4 Å². The molecule has 1 aromatic heterocycles. The first-order valence-electron chi connectivity index (χ1n) is 8.59. The molecule has 154 valence electrons. The molecule has 1 aromatic carbocycles. The number of ether oxygens (including phenoxy) is 3. The van der Waals surface area contributed by atoms with E-state index in [2.05, 4.69) is 5.32 Å². The fourth-order valence-corrected chi connectivity index (χ4v) is 2.60. The number of fused-ring (bicyclic) bond motifs is 1. The van der Waals surface area contributed by atoms with Gasteiger partial charge in [-0.2, -0.15) is 0 Å². The highest BCUT2D eigenvalue weighted by Crippen LogP contribution is 2.27. The number of rotatable bonds is 5. The normalized spacial score (nSPS) is 12.5. The predicted molar refractivity (Wildman–Crippen MR) is 103 cm³/mol. The molecule has 0 unspecified atom stereocenters. The van der Waals surface area contributed by atoms with Gasteiger partial charge in [-0.25, -0.2) is 14.4 Å². The molecule has 0 aliphatic rings. The van der Waals surface area contributed by atoms with E-state index in [0.717, 1.165) is 0 Å². The second kappa shape index (κ2) is 7.83. The van der Waals surface area contributed by atoms with Crippen LogP contribution in [0.5, 0.6) is 5.75 Å². The number of carbonyl (C=O) groups excluding carboxylic acids is 2. The quantitative estimate of drug-likeness (QED) is 0.570. The van der Waals surface area contributed by atoms with Gasteiger partial charge in [0.1, 0.15) is 18.0 Å². The topological polar surface area (TPSA) is 127 Å². The zero-order valence-corrected chi connectivity index (χ0v) is 16.9. The number of anilines is 1. The number of amides is 1. The van der Waals surface area contributed by atoms with Crippen LogP contribution in [0.3, 0.4) is 0 Å². The Balaban J connectivity index is 2.21. The van der Waals surface area contributed by atoms with Gasteiger partial charge in [-0.3, -0.25) is 9.13 Å². The molecule has 0 saturated carbocycles. The van der Waals surface area contributed by atoms with E-state index in [4.69, 9.17) is 19.9 Å². The third-order valence-electron chi connectivity index (χ3n) is 3.99. The van der Waals surface area contributed by atoms with Crippen molar-refractivity contribution in [2.75, 3.05) is 19.5 Å². The molecule has 0 saturated heterocycles. The number of imidazole rings is 1. The number of aryl methyl sites for hydroxylation is 2. The molecular weight excluding hydrogens is 368 g/mol. The molecule has 0 radical (unpaired) electrons. The summed E-state index contributed by atoms with van der Waals surface area (Å²) in [5.41, 5.74) is 6.64. The number of carbonyl (C=O) groups is 2. The zero-order valence-electron chi connectivity index (χ0n) is 16.9. The highest BCUT2D eigenvalue weighted by Gasteiger charge is 2.26. The Labute approximate surface area is 162 Å². The molecule has 3 N–H and O–H groups in total. The molecule has 10 nitrogen and oxygen atoms in total. The van der Waals surface area contributed by atoms with Crippen LogP contribution in [0.1, 0.15) is 20.8 Å². The van der Waals surface area contributed by atoms with Crippen molar-refractivity contribution in [1.29, 1.82) is 0 Å². The van der Waals surface area contributed by atoms with Gasteiger partial charge in [0.15, 0.2) is 6.04 Å². The number of nitrogens with zero attached hydrogens (tertiary/aromatic N) is 2. The largest absolute Gasteiger partial charge is 0.489 e. The molecule has 0 aliphatic carbocycles. The first kappa shape index (κ1) is 21.1. The second-order valence-electron chi connectivity index (χ2n) is 7.31. The smallest absolute Gasteiger partial charge is 0.408 e. The molecule has 0 spiro atoms. The number of methoxy groups -OCH3 is 1. The fourth-order valence-electron chi connectivity index (χ4n) is 2.60. The SMILES string of the molecule is COC(=O)[C@H](COc1cc2c(cc1N)n(C)c(=O)n2C)NC(=O)OC(C)(C)C. The van der Waals surface area contributed by atoms with Crippen LogP contribution in [0.4, 0.5) is 10.5 Å². The van der Waals surface area contributed by atoms with Gasteiger partial charge in [-0.15, -0.1) is 0 Å². The average molecular weight is 394 g/mol. The number of nitrogens with two attached hydrogens (primary N) is 1. The first-order valence-corrected chi connectivity index (χ1v) is 8.59. The number of aromatic nitrogens is 2. The Bertz CT molecular complexity index is 954. The van der Waals surface area contributed by atoms with Gasteiger partial charge in [0, 0.05) is 20.2 Å². The molecule has 0 fully saturated rings. The minimum absolute atomic E-state index is 0.203. The molecule has 10 heteroatoms. The maximum atomic E-state index is 12.1. The summed E-state index contributed by atoms with van der Waals surface area (Å²) in [7, 11) is 4.47. The third-order valence-corrected chi connectivity index (χ3v) is 3.99.